The number of aromatic amines is 1. The van der Waals surface area contributed by atoms with E-state index < -0.39 is 12.0 Å². The third-order valence-electron chi connectivity index (χ3n) is 2.54. The number of benzene rings is 1. The summed E-state index contributed by atoms with van der Waals surface area (Å²) in [5, 5.41) is 18.6. The first-order chi connectivity index (χ1) is 8.58. The number of hydrogen-bond acceptors (Lipinski definition) is 3. The highest BCUT2D eigenvalue weighted by molar-refractivity contribution is 6.04. The third kappa shape index (κ3) is 2.48. The molecule has 1 atom stereocenters. The predicted octanol–water partition coefficient (Wildman–Crippen LogP) is 1.16. The van der Waals surface area contributed by atoms with Crippen molar-refractivity contribution in [3.8, 4) is 0 Å². The Morgan fingerprint density at radius 2 is 2.17 bits per heavy atom. The first-order valence-electron chi connectivity index (χ1n) is 5.53. The van der Waals surface area contributed by atoms with Gasteiger partial charge in [-0.25, -0.2) is 0 Å². The highest BCUT2D eigenvalue weighted by Crippen LogP contribution is 2.14. The van der Waals surface area contributed by atoms with Gasteiger partial charge in [0.1, 0.15) is 0 Å². The number of carbonyl (C=O) groups excluding carboxylic acids is 1. The number of aliphatic carboxylic acids is 1. The largest absolute Gasteiger partial charge is 0.481 e. The van der Waals surface area contributed by atoms with Crippen LogP contribution in [0.25, 0.3) is 10.9 Å². The molecule has 0 aliphatic heterocycles. The van der Waals surface area contributed by atoms with Crippen LogP contribution in [0.3, 0.4) is 0 Å². The van der Waals surface area contributed by atoms with Crippen LogP contribution in [0.2, 0.25) is 0 Å². The Kier molecular flexibility index (Phi) is 3.27. The Labute approximate surface area is 103 Å². The van der Waals surface area contributed by atoms with Crippen LogP contribution in [0.1, 0.15) is 23.8 Å². The van der Waals surface area contributed by atoms with E-state index in [4.69, 9.17) is 5.11 Å². The second-order valence-corrected chi connectivity index (χ2v) is 4.09. The Bertz CT molecular complexity index is 591. The van der Waals surface area contributed by atoms with Crippen LogP contribution in [-0.2, 0) is 4.79 Å². The Hall–Kier alpha value is -2.37. The SMILES string of the molecule is CC(CC(=O)O)NC(=O)c1n[nH]c2ccccc12. The van der Waals surface area contributed by atoms with Gasteiger partial charge in [0.2, 0.25) is 0 Å². The van der Waals surface area contributed by atoms with Crippen molar-refractivity contribution in [2.24, 2.45) is 0 Å². The number of amides is 1. The molecule has 0 saturated carbocycles. The van der Waals surface area contributed by atoms with Gasteiger partial charge in [0.15, 0.2) is 5.69 Å². The topological polar surface area (TPSA) is 95.1 Å². The molecule has 3 N–H and O–H groups in total. The quantitative estimate of drug-likeness (QED) is 0.755. The summed E-state index contributed by atoms with van der Waals surface area (Å²) in [6.07, 6.45) is -0.117. The van der Waals surface area contributed by atoms with Crippen molar-refractivity contribution in [1.82, 2.24) is 15.5 Å². The lowest BCUT2D eigenvalue weighted by molar-refractivity contribution is -0.137. The number of nitrogens with zero attached hydrogens (tertiary/aromatic N) is 1. The summed E-state index contributed by atoms with van der Waals surface area (Å²) >= 11 is 0. The van der Waals surface area contributed by atoms with Crippen molar-refractivity contribution in [2.45, 2.75) is 19.4 Å². The molecule has 6 heteroatoms. The summed E-state index contributed by atoms with van der Waals surface area (Å²) in [4.78, 5) is 22.4. The lowest BCUT2D eigenvalue weighted by atomic mass is 10.2. The average molecular weight is 247 g/mol. The molecule has 1 aromatic carbocycles. The maximum Gasteiger partial charge on any atom is 0.305 e. The van der Waals surface area contributed by atoms with Gasteiger partial charge in [0.05, 0.1) is 11.9 Å². The summed E-state index contributed by atoms with van der Waals surface area (Å²) < 4.78 is 0. The molecule has 1 unspecified atom stereocenters. The monoisotopic (exact) mass is 247 g/mol. The zero-order valence-electron chi connectivity index (χ0n) is 9.80. The maximum atomic E-state index is 11.9. The number of aromatic nitrogens is 2. The molecule has 0 fully saturated rings. The van der Waals surface area contributed by atoms with E-state index in [1.54, 1.807) is 13.0 Å². The first-order valence-corrected chi connectivity index (χ1v) is 5.53. The van der Waals surface area contributed by atoms with Crippen molar-refractivity contribution in [1.29, 1.82) is 0 Å². The van der Waals surface area contributed by atoms with Crippen LogP contribution in [0.4, 0.5) is 0 Å². The molecule has 18 heavy (non-hydrogen) atoms. The van der Waals surface area contributed by atoms with E-state index in [9.17, 15) is 9.59 Å². The molecule has 1 amide bonds. The smallest absolute Gasteiger partial charge is 0.305 e. The number of para-hydroxylation sites is 1. The van der Waals surface area contributed by atoms with Gasteiger partial charge in [-0.05, 0) is 13.0 Å². The van der Waals surface area contributed by atoms with E-state index in [0.717, 1.165) is 10.9 Å². The normalized spacial score (nSPS) is 12.3. The molecule has 94 valence electrons. The number of fused-ring (bicyclic) bond motifs is 1. The Morgan fingerprint density at radius 3 is 2.89 bits per heavy atom. The van der Waals surface area contributed by atoms with Crippen molar-refractivity contribution < 1.29 is 14.7 Å². The van der Waals surface area contributed by atoms with Gasteiger partial charge in [-0.1, -0.05) is 18.2 Å². The van der Waals surface area contributed by atoms with Crippen LogP contribution >= 0.6 is 0 Å². The molecule has 0 bridgehead atoms. The molecule has 0 spiro atoms. The van der Waals surface area contributed by atoms with E-state index in [1.807, 2.05) is 18.2 Å². The lowest BCUT2D eigenvalue weighted by Crippen LogP contribution is -2.34. The van der Waals surface area contributed by atoms with E-state index in [-0.39, 0.29) is 18.0 Å². The van der Waals surface area contributed by atoms with Gasteiger partial charge in [-0.15, -0.1) is 0 Å². The molecule has 0 aliphatic rings. The molecular formula is C12H13N3O3. The van der Waals surface area contributed by atoms with Crippen molar-refractivity contribution in [3.63, 3.8) is 0 Å². The number of hydrogen-bond donors (Lipinski definition) is 3. The van der Waals surface area contributed by atoms with Gasteiger partial charge in [0, 0.05) is 11.4 Å². The van der Waals surface area contributed by atoms with E-state index in [1.165, 1.54) is 0 Å². The van der Waals surface area contributed by atoms with E-state index >= 15 is 0 Å². The molecule has 0 saturated heterocycles. The summed E-state index contributed by atoms with van der Waals surface area (Å²) in [5.74, 6) is -1.32. The highest BCUT2D eigenvalue weighted by atomic mass is 16.4. The summed E-state index contributed by atoms with van der Waals surface area (Å²) in [6.45, 7) is 1.64. The fourth-order valence-electron chi connectivity index (χ4n) is 1.74. The summed E-state index contributed by atoms with van der Waals surface area (Å²) in [5.41, 5.74) is 1.05. The second kappa shape index (κ2) is 4.87. The molecule has 1 heterocycles. The van der Waals surface area contributed by atoms with Gasteiger partial charge < -0.3 is 10.4 Å². The minimum Gasteiger partial charge on any atom is -0.481 e. The van der Waals surface area contributed by atoms with Crippen molar-refractivity contribution in [2.75, 3.05) is 0 Å². The number of carboxylic acid groups (broad SMARTS) is 1. The average Bonchev–Trinajstić information content (AvgIpc) is 2.71. The van der Waals surface area contributed by atoms with Gasteiger partial charge in [0.25, 0.3) is 5.91 Å². The predicted molar refractivity (Wildman–Crippen MR) is 65.3 cm³/mol. The minimum absolute atomic E-state index is 0.117. The maximum absolute atomic E-state index is 11.9. The highest BCUT2D eigenvalue weighted by Gasteiger charge is 2.17. The molecule has 2 rings (SSSR count). The summed E-state index contributed by atoms with van der Waals surface area (Å²) in [7, 11) is 0. The van der Waals surface area contributed by atoms with Crippen LogP contribution in [0, 0.1) is 0 Å². The van der Waals surface area contributed by atoms with Crippen LogP contribution in [-0.4, -0.2) is 33.2 Å². The lowest BCUT2D eigenvalue weighted by Gasteiger charge is -2.09. The number of nitrogens with one attached hydrogen (secondary N) is 2. The molecule has 0 radical (unpaired) electrons. The molecular weight excluding hydrogens is 234 g/mol. The number of carbonyl (C=O) groups is 2. The zero-order valence-corrected chi connectivity index (χ0v) is 9.80. The fraction of sp³-hybridized carbons (Fsp3) is 0.250. The Balaban J connectivity index is 2.16. The summed E-state index contributed by atoms with van der Waals surface area (Å²) in [6, 6.07) is 6.82. The van der Waals surface area contributed by atoms with Crippen LogP contribution in [0.5, 0.6) is 0 Å². The fourth-order valence-corrected chi connectivity index (χ4v) is 1.74. The number of carboxylic acids is 1. The van der Waals surface area contributed by atoms with E-state index in [0.29, 0.717) is 0 Å². The van der Waals surface area contributed by atoms with Crippen LogP contribution < -0.4 is 5.32 Å². The molecule has 2 aromatic rings. The first kappa shape index (κ1) is 12.1. The van der Waals surface area contributed by atoms with E-state index in [2.05, 4.69) is 15.5 Å². The van der Waals surface area contributed by atoms with Gasteiger partial charge in [-0.3, -0.25) is 14.7 Å². The van der Waals surface area contributed by atoms with Gasteiger partial charge >= 0.3 is 5.97 Å². The van der Waals surface area contributed by atoms with Crippen molar-refractivity contribution in [3.05, 3.63) is 30.0 Å². The standard InChI is InChI=1S/C12H13N3O3/c1-7(6-10(16)17)13-12(18)11-8-4-2-3-5-9(8)14-15-11/h2-5,7H,6H2,1H3,(H,13,18)(H,14,15)(H,16,17). The third-order valence-corrected chi connectivity index (χ3v) is 2.54. The van der Waals surface area contributed by atoms with Crippen molar-refractivity contribution >= 4 is 22.8 Å². The number of rotatable bonds is 4. The molecule has 6 nitrogen and oxygen atoms in total. The van der Waals surface area contributed by atoms with Gasteiger partial charge in [-0.2, -0.15) is 5.10 Å². The van der Waals surface area contributed by atoms with Crippen LogP contribution in [0.15, 0.2) is 24.3 Å². The Morgan fingerprint density at radius 1 is 1.44 bits per heavy atom. The minimum atomic E-state index is -0.949. The molecule has 0 aliphatic carbocycles. The number of H-pyrrole nitrogens is 1. The second-order valence-electron chi connectivity index (χ2n) is 4.09. The zero-order chi connectivity index (χ0) is 13.1. The molecule has 1 aromatic heterocycles.